The topological polar surface area (TPSA) is 58.4 Å². The lowest BCUT2D eigenvalue weighted by Gasteiger charge is -2.37. The molecule has 20 heavy (non-hydrogen) atoms. The molecule has 4 heteroatoms. The number of piperidine rings is 1. The van der Waals surface area contributed by atoms with Gasteiger partial charge in [-0.2, -0.15) is 0 Å². The Balaban J connectivity index is 1.53. The third-order valence-corrected chi connectivity index (χ3v) is 5.67. The van der Waals surface area contributed by atoms with Crippen LogP contribution in [0.2, 0.25) is 0 Å². The van der Waals surface area contributed by atoms with E-state index in [4.69, 9.17) is 5.73 Å². The Morgan fingerprint density at radius 2 is 2.00 bits per heavy atom. The number of carbonyl (C=O) groups excluding carboxylic acids is 1. The van der Waals surface area contributed by atoms with E-state index in [1.54, 1.807) is 0 Å². The minimum Gasteiger partial charge on any atom is -0.353 e. The van der Waals surface area contributed by atoms with Crippen LogP contribution < -0.4 is 11.1 Å². The highest BCUT2D eigenvalue weighted by Gasteiger charge is 2.35. The fourth-order valence-corrected chi connectivity index (χ4v) is 4.37. The smallest absolute Gasteiger partial charge is 0.224 e. The third kappa shape index (κ3) is 3.01. The number of fused-ring (bicyclic) bond motifs is 1. The van der Waals surface area contributed by atoms with Crippen molar-refractivity contribution in [2.75, 3.05) is 13.1 Å². The second kappa shape index (κ2) is 6.02. The Morgan fingerprint density at radius 3 is 2.85 bits per heavy atom. The Morgan fingerprint density at radius 1 is 1.15 bits per heavy atom. The van der Waals surface area contributed by atoms with Crippen LogP contribution >= 0.6 is 0 Å². The number of nitrogens with one attached hydrogen (secondary N) is 1. The molecule has 0 aromatic heterocycles. The van der Waals surface area contributed by atoms with Gasteiger partial charge >= 0.3 is 0 Å². The van der Waals surface area contributed by atoms with Gasteiger partial charge < -0.3 is 16.0 Å². The molecule has 3 N–H and O–H groups in total. The fraction of sp³-hybridized carbons (Fsp3) is 0.938. The summed E-state index contributed by atoms with van der Waals surface area (Å²) < 4.78 is 0. The van der Waals surface area contributed by atoms with Crippen molar-refractivity contribution in [3.05, 3.63) is 0 Å². The van der Waals surface area contributed by atoms with Crippen LogP contribution in [0.25, 0.3) is 0 Å². The van der Waals surface area contributed by atoms with Gasteiger partial charge in [0.2, 0.25) is 5.91 Å². The highest BCUT2D eigenvalue weighted by atomic mass is 16.2. The molecule has 0 aromatic carbocycles. The van der Waals surface area contributed by atoms with Crippen LogP contribution in [0.5, 0.6) is 0 Å². The summed E-state index contributed by atoms with van der Waals surface area (Å²) in [6.07, 6.45) is 8.03. The number of hydrogen-bond acceptors (Lipinski definition) is 3. The van der Waals surface area contributed by atoms with Crippen molar-refractivity contribution in [3.8, 4) is 0 Å². The average molecular weight is 279 g/mol. The lowest BCUT2D eigenvalue weighted by atomic mass is 9.78. The number of hydrogen-bond donors (Lipinski definition) is 2. The van der Waals surface area contributed by atoms with Crippen LogP contribution in [-0.4, -0.2) is 42.0 Å². The van der Waals surface area contributed by atoms with Gasteiger partial charge in [-0.25, -0.2) is 0 Å². The van der Waals surface area contributed by atoms with Crippen LogP contribution in [0.1, 0.15) is 51.9 Å². The van der Waals surface area contributed by atoms with E-state index in [0.717, 1.165) is 32.2 Å². The van der Waals surface area contributed by atoms with Crippen LogP contribution in [0.3, 0.4) is 0 Å². The van der Waals surface area contributed by atoms with E-state index in [1.165, 1.54) is 25.8 Å². The van der Waals surface area contributed by atoms with Gasteiger partial charge in [0.25, 0.3) is 0 Å². The van der Waals surface area contributed by atoms with Gasteiger partial charge in [0.05, 0.1) is 5.92 Å². The molecule has 2 saturated heterocycles. The zero-order valence-electron chi connectivity index (χ0n) is 12.7. The van der Waals surface area contributed by atoms with Gasteiger partial charge in [0.15, 0.2) is 0 Å². The minimum atomic E-state index is 0.0420. The van der Waals surface area contributed by atoms with Gasteiger partial charge in [-0.05, 0) is 57.4 Å². The molecule has 0 radical (unpaired) electrons. The summed E-state index contributed by atoms with van der Waals surface area (Å²) >= 11 is 0. The van der Waals surface area contributed by atoms with Crippen LogP contribution in [-0.2, 0) is 4.79 Å². The maximum Gasteiger partial charge on any atom is 0.224 e. The molecular weight excluding hydrogens is 250 g/mol. The molecule has 0 spiro atoms. The monoisotopic (exact) mass is 279 g/mol. The second-order valence-corrected chi connectivity index (χ2v) is 7.25. The summed E-state index contributed by atoms with van der Waals surface area (Å²) in [5, 5.41) is 3.31. The summed E-state index contributed by atoms with van der Waals surface area (Å²) in [5.41, 5.74) is 6.16. The highest BCUT2D eigenvalue weighted by Crippen LogP contribution is 2.30. The van der Waals surface area contributed by atoms with E-state index in [1.807, 2.05) is 0 Å². The highest BCUT2D eigenvalue weighted by molar-refractivity contribution is 5.79. The predicted octanol–water partition coefficient (Wildman–Crippen LogP) is 1.49. The van der Waals surface area contributed by atoms with Crippen molar-refractivity contribution < 1.29 is 4.79 Å². The van der Waals surface area contributed by atoms with E-state index in [2.05, 4.69) is 17.1 Å². The molecule has 1 aliphatic carbocycles. The van der Waals surface area contributed by atoms with Crippen LogP contribution in [0.4, 0.5) is 0 Å². The number of nitrogens with two attached hydrogens (primary N) is 1. The van der Waals surface area contributed by atoms with E-state index in [9.17, 15) is 4.79 Å². The summed E-state index contributed by atoms with van der Waals surface area (Å²) in [7, 11) is 0. The van der Waals surface area contributed by atoms with Gasteiger partial charge in [-0.15, -0.1) is 0 Å². The standard InChI is InChI=1S/C16H29N3O/c1-11-4-5-15(17)14(9-11)16(20)18-12-6-8-19-7-2-3-13(19)10-12/h11-15H,2-10,17H2,1H3,(H,18,20). The first-order valence-electron chi connectivity index (χ1n) is 8.43. The Bertz CT molecular complexity index is 360. The quantitative estimate of drug-likeness (QED) is 0.805. The SMILES string of the molecule is CC1CCC(N)C(C(=O)NC2CCN3CCCC3C2)C1. The van der Waals surface area contributed by atoms with Gasteiger partial charge in [0.1, 0.15) is 0 Å². The van der Waals surface area contributed by atoms with Gasteiger partial charge in [-0.3, -0.25) is 4.79 Å². The molecule has 2 aliphatic heterocycles. The van der Waals surface area contributed by atoms with Crippen molar-refractivity contribution in [1.29, 1.82) is 0 Å². The molecule has 1 saturated carbocycles. The van der Waals surface area contributed by atoms with Crippen molar-refractivity contribution >= 4 is 5.91 Å². The summed E-state index contributed by atoms with van der Waals surface area (Å²) in [6.45, 7) is 4.66. The molecule has 3 aliphatic rings. The lowest BCUT2D eigenvalue weighted by Crippen LogP contribution is -2.52. The van der Waals surface area contributed by atoms with Crippen LogP contribution in [0, 0.1) is 11.8 Å². The molecule has 5 atom stereocenters. The molecule has 0 bridgehead atoms. The van der Waals surface area contributed by atoms with Crippen molar-refractivity contribution in [2.45, 2.75) is 70.0 Å². The molecule has 3 fully saturated rings. The van der Waals surface area contributed by atoms with Crippen LogP contribution in [0.15, 0.2) is 0 Å². The number of amides is 1. The van der Waals surface area contributed by atoms with Crippen molar-refractivity contribution in [1.82, 2.24) is 10.2 Å². The predicted molar refractivity (Wildman–Crippen MR) is 80.2 cm³/mol. The number of carbonyl (C=O) groups is 1. The van der Waals surface area contributed by atoms with E-state index < -0.39 is 0 Å². The summed E-state index contributed by atoms with van der Waals surface area (Å²) in [5.74, 6) is 0.906. The van der Waals surface area contributed by atoms with Gasteiger partial charge in [0, 0.05) is 24.7 Å². The number of rotatable bonds is 2. The first kappa shape index (κ1) is 14.3. The zero-order valence-corrected chi connectivity index (χ0v) is 12.7. The Labute approximate surface area is 122 Å². The van der Waals surface area contributed by atoms with Crippen molar-refractivity contribution in [2.24, 2.45) is 17.6 Å². The second-order valence-electron chi connectivity index (χ2n) is 7.25. The number of nitrogens with zero attached hydrogens (tertiary/aromatic N) is 1. The maximum atomic E-state index is 12.5. The van der Waals surface area contributed by atoms with Gasteiger partial charge in [-0.1, -0.05) is 6.92 Å². The molecule has 4 nitrogen and oxygen atoms in total. The normalized spacial score (nSPS) is 42.2. The zero-order chi connectivity index (χ0) is 14.1. The lowest BCUT2D eigenvalue weighted by molar-refractivity contribution is -0.128. The first-order chi connectivity index (χ1) is 9.63. The molecule has 1 amide bonds. The van der Waals surface area contributed by atoms with Crippen molar-refractivity contribution in [3.63, 3.8) is 0 Å². The molecule has 2 heterocycles. The largest absolute Gasteiger partial charge is 0.353 e. The average Bonchev–Trinajstić information content (AvgIpc) is 2.89. The van der Waals surface area contributed by atoms with E-state index in [-0.39, 0.29) is 17.9 Å². The molecule has 0 aromatic rings. The Kier molecular flexibility index (Phi) is 4.32. The fourth-order valence-electron chi connectivity index (χ4n) is 4.37. The van der Waals surface area contributed by atoms with E-state index >= 15 is 0 Å². The third-order valence-electron chi connectivity index (χ3n) is 5.67. The maximum absolute atomic E-state index is 12.5. The molecule has 3 rings (SSSR count). The Hall–Kier alpha value is -0.610. The minimum absolute atomic E-state index is 0.0420. The molecule has 5 unspecified atom stereocenters. The molecular formula is C16H29N3O. The van der Waals surface area contributed by atoms with E-state index in [0.29, 0.717) is 18.0 Å². The summed E-state index contributed by atoms with van der Waals surface area (Å²) in [4.78, 5) is 15.1. The first-order valence-corrected chi connectivity index (χ1v) is 8.43. The summed E-state index contributed by atoms with van der Waals surface area (Å²) in [6, 6.07) is 1.16. The molecule has 114 valence electrons.